The van der Waals surface area contributed by atoms with Crippen LogP contribution < -0.4 is 5.32 Å². The summed E-state index contributed by atoms with van der Waals surface area (Å²) in [5.74, 6) is 0. The number of hydrogen-bond donors (Lipinski definition) is 1. The number of benzene rings is 2. The number of nitro groups is 1. The second-order valence-electron chi connectivity index (χ2n) is 5.20. The zero-order valence-corrected chi connectivity index (χ0v) is 12.1. The van der Waals surface area contributed by atoms with Crippen molar-refractivity contribution in [1.29, 1.82) is 0 Å². The normalized spacial score (nSPS) is 16.7. The van der Waals surface area contributed by atoms with Crippen molar-refractivity contribution in [3.8, 4) is 0 Å². The standard InChI is InChI=1S/C16H15ClN2O2/c17-15-9-13(19(20)21)7-5-12(15)10-18-16-8-6-11-3-1-2-4-14(11)16/h1-5,7,9,16,18H,6,8,10H2. The molecule has 1 aliphatic rings. The first-order valence-electron chi connectivity index (χ1n) is 6.89. The highest BCUT2D eigenvalue weighted by Crippen LogP contribution is 2.31. The molecule has 1 aliphatic carbocycles. The van der Waals surface area contributed by atoms with E-state index in [0.717, 1.165) is 18.4 Å². The van der Waals surface area contributed by atoms with Gasteiger partial charge in [0.2, 0.25) is 0 Å². The molecule has 21 heavy (non-hydrogen) atoms. The van der Waals surface area contributed by atoms with Crippen LogP contribution in [0.15, 0.2) is 42.5 Å². The first-order valence-corrected chi connectivity index (χ1v) is 7.27. The second kappa shape index (κ2) is 5.84. The molecule has 0 aliphatic heterocycles. The average Bonchev–Trinajstić information content (AvgIpc) is 2.89. The Hall–Kier alpha value is -1.91. The lowest BCUT2D eigenvalue weighted by Gasteiger charge is -2.14. The Labute approximate surface area is 127 Å². The van der Waals surface area contributed by atoms with Gasteiger partial charge in [-0.25, -0.2) is 0 Å². The van der Waals surface area contributed by atoms with Crippen molar-refractivity contribution in [1.82, 2.24) is 5.32 Å². The number of nitro benzene ring substituents is 1. The molecule has 2 aromatic rings. The van der Waals surface area contributed by atoms with E-state index in [1.807, 2.05) is 0 Å². The predicted molar refractivity (Wildman–Crippen MR) is 82.5 cm³/mol. The van der Waals surface area contributed by atoms with Gasteiger partial charge in [0.1, 0.15) is 0 Å². The summed E-state index contributed by atoms with van der Waals surface area (Å²) in [5.41, 5.74) is 3.64. The number of halogens is 1. The Morgan fingerprint density at radius 1 is 1.29 bits per heavy atom. The van der Waals surface area contributed by atoms with Gasteiger partial charge in [-0.2, -0.15) is 0 Å². The molecule has 0 fully saturated rings. The van der Waals surface area contributed by atoms with Crippen LogP contribution in [0.4, 0.5) is 5.69 Å². The molecule has 108 valence electrons. The van der Waals surface area contributed by atoms with E-state index in [1.54, 1.807) is 6.07 Å². The summed E-state index contributed by atoms with van der Waals surface area (Å²) >= 11 is 6.11. The highest BCUT2D eigenvalue weighted by molar-refractivity contribution is 6.31. The lowest BCUT2D eigenvalue weighted by molar-refractivity contribution is -0.384. The lowest BCUT2D eigenvalue weighted by Crippen LogP contribution is -2.18. The fraction of sp³-hybridized carbons (Fsp3) is 0.250. The molecule has 0 aromatic heterocycles. The molecule has 3 rings (SSSR count). The first-order chi connectivity index (χ1) is 10.1. The summed E-state index contributed by atoms with van der Waals surface area (Å²) in [6.07, 6.45) is 2.16. The molecular weight excluding hydrogens is 288 g/mol. The SMILES string of the molecule is O=[N+]([O-])c1ccc(CNC2CCc3ccccc32)c(Cl)c1. The third kappa shape index (κ3) is 2.91. The quantitative estimate of drug-likeness (QED) is 0.685. The molecule has 0 amide bonds. The van der Waals surface area contributed by atoms with Gasteiger partial charge in [0.05, 0.1) is 9.95 Å². The molecule has 4 nitrogen and oxygen atoms in total. The van der Waals surface area contributed by atoms with Gasteiger partial charge in [0.15, 0.2) is 0 Å². The van der Waals surface area contributed by atoms with Gasteiger partial charge in [0.25, 0.3) is 5.69 Å². The Bertz CT molecular complexity index is 688. The van der Waals surface area contributed by atoms with Crippen LogP contribution in [0.25, 0.3) is 0 Å². The average molecular weight is 303 g/mol. The zero-order valence-electron chi connectivity index (χ0n) is 11.4. The number of aryl methyl sites for hydroxylation is 1. The maximum absolute atomic E-state index is 10.7. The van der Waals surface area contributed by atoms with E-state index >= 15 is 0 Å². The third-order valence-electron chi connectivity index (χ3n) is 3.92. The van der Waals surface area contributed by atoms with Crippen LogP contribution in [0.5, 0.6) is 0 Å². The summed E-state index contributed by atoms with van der Waals surface area (Å²) in [4.78, 5) is 10.3. The molecule has 0 saturated heterocycles. The molecule has 0 saturated carbocycles. The first kappa shape index (κ1) is 14.0. The van der Waals surface area contributed by atoms with Crippen molar-refractivity contribution in [3.63, 3.8) is 0 Å². The van der Waals surface area contributed by atoms with Crippen LogP contribution >= 0.6 is 11.6 Å². The highest BCUT2D eigenvalue weighted by atomic mass is 35.5. The van der Waals surface area contributed by atoms with Crippen LogP contribution in [0.1, 0.15) is 29.2 Å². The van der Waals surface area contributed by atoms with Crippen molar-refractivity contribution in [2.24, 2.45) is 0 Å². The summed E-state index contributed by atoms with van der Waals surface area (Å²) in [5, 5.41) is 14.6. The Morgan fingerprint density at radius 2 is 2.10 bits per heavy atom. The predicted octanol–water partition coefficient (Wildman–Crippen LogP) is 4.03. The van der Waals surface area contributed by atoms with Crippen LogP contribution in [-0.2, 0) is 13.0 Å². The Balaban J connectivity index is 1.70. The van der Waals surface area contributed by atoms with E-state index in [1.165, 1.54) is 23.3 Å². The summed E-state index contributed by atoms with van der Waals surface area (Å²) in [6.45, 7) is 0.607. The Kier molecular flexibility index (Phi) is 3.90. The molecule has 0 bridgehead atoms. The number of non-ortho nitro benzene ring substituents is 1. The minimum atomic E-state index is -0.434. The molecule has 1 atom stereocenters. The van der Waals surface area contributed by atoms with E-state index in [0.29, 0.717) is 17.6 Å². The number of fused-ring (bicyclic) bond motifs is 1. The van der Waals surface area contributed by atoms with Crippen molar-refractivity contribution < 1.29 is 4.92 Å². The van der Waals surface area contributed by atoms with Gasteiger partial charge < -0.3 is 5.32 Å². The smallest absolute Gasteiger partial charge is 0.270 e. The van der Waals surface area contributed by atoms with Gasteiger partial charge in [-0.1, -0.05) is 35.9 Å². The van der Waals surface area contributed by atoms with E-state index in [2.05, 4.69) is 29.6 Å². The van der Waals surface area contributed by atoms with Crippen LogP contribution in [0, 0.1) is 10.1 Å². The lowest BCUT2D eigenvalue weighted by atomic mass is 10.1. The molecule has 5 heteroatoms. The van der Waals surface area contributed by atoms with Gasteiger partial charge in [-0.05, 0) is 35.6 Å². The van der Waals surface area contributed by atoms with Crippen molar-refractivity contribution in [3.05, 3.63) is 74.3 Å². The number of hydrogen-bond acceptors (Lipinski definition) is 3. The maximum atomic E-state index is 10.7. The van der Waals surface area contributed by atoms with Crippen LogP contribution in [-0.4, -0.2) is 4.92 Å². The molecule has 2 aromatic carbocycles. The minimum absolute atomic E-state index is 0.0231. The van der Waals surface area contributed by atoms with Gasteiger partial charge in [-0.15, -0.1) is 0 Å². The summed E-state index contributed by atoms with van der Waals surface area (Å²) in [7, 11) is 0. The van der Waals surface area contributed by atoms with Crippen LogP contribution in [0.2, 0.25) is 5.02 Å². The third-order valence-corrected chi connectivity index (χ3v) is 4.27. The van der Waals surface area contributed by atoms with E-state index < -0.39 is 4.92 Å². The molecule has 1 unspecified atom stereocenters. The van der Waals surface area contributed by atoms with E-state index in [-0.39, 0.29) is 5.69 Å². The molecule has 0 heterocycles. The van der Waals surface area contributed by atoms with Gasteiger partial charge in [0, 0.05) is 24.7 Å². The van der Waals surface area contributed by atoms with Gasteiger partial charge >= 0.3 is 0 Å². The number of nitrogens with one attached hydrogen (secondary N) is 1. The van der Waals surface area contributed by atoms with E-state index in [9.17, 15) is 10.1 Å². The second-order valence-corrected chi connectivity index (χ2v) is 5.61. The van der Waals surface area contributed by atoms with Crippen LogP contribution in [0.3, 0.4) is 0 Å². The molecule has 0 radical (unpaired) electrons. The minimum Gasteiger partial charge on any atom is -0.306 e. The summed E-state index contributed by atoms with van der Waals surface area (Å²) < 4.78 is 0. The fourth-order valence-electron chi connectivity index (χ4n) is 2.80. The highest BCUT2D eigenvalue weighted by Gasteiger charge is 2.21. The molecule has 1 N–H and O–H groups in total. The van der Waals surface area contributed by atoms with Crippen molar-refractivity contribution in [2.45, 2.75) is 25.4 Å². The largest absolute Gasteiger partial charge is 0.306 e. The summed E-state index contributed by atoms with van der Waals surface area (Å²) in [6, 6.07) is 13.4. The topological polar surface area (TPSA) is 55.2 Å². The van der Waals surface area contributed by atoms with Crippen molar-refractivity contribution in [2.75, 3.05) is 0 Å². The van der Waals surface area contributed by atoms with Gasteiger partial charge in [-0.3, -0.25) is 10.1 Å². The maximum Gasteiger partial charge on any atom is 0.270 e. The zero-order chi connectivity index (χ0) is 14.8. The number of rotatable bonds is 4. The molecular formula is C16H15ClN2O2. The van der Waals surface area contributed by atoms with E-state index in [4.69, 9.17) is 11.6 Å². The molecule has 0 spiro atoms. The van der Waals surface area contributed by atoms with Crippen molar-refractivity contribution >= 4 is 17.3 Å². The number of nitrogens with zero attached hydrogens (tertiary/aromatic N) is 1. The monoisotopic (exact) mass is 302 g/mol. The fourth-order valence-corrected chi connectivity index (χ4v) is 3.04. The Morgan fingerprint density at radius 3 is 2.86 bits per heavy atom.